The number of aromatic nitrogens is 3. The van der Waals surface area contributed by atoms with E-state index in [-0.39, 0.29) is 6.03 Å². The van der Waals surface area contributed by atoms with Crippen LogP contribution >= 0.6 is 11.3 Å². The molecule has 0 atom stereocenters. The number of anilines is 2. The Bertz CT molecular complexity index is 1090. The number of carbonyl (C=O) groups excluding carboxylic acids is 1. The summed E-state index contributed by atoms with van der Waals surface area (Å²) in [5.41, 5.74) is 3.02. The second-order valence-corrected chi connectivity index (χ2v) is 7.36. The van der Waals surface area contributed by atoms with E-state index < -0.39 is 0 Å². The average Bonchev–Trinajstić information content (AvgIpc) is 3.31. The van der Waals surface area contributed by atoms with Crippen LogP contribution in [0.25, 0.3) is 21.7 Å². The van der Waals surface area contributed by atoms with Crippen LogP contribution in [0.4, 0.5) is 16.2 Å². The molecular weight excluding hydrogens is 362 g/mol. The van der Waals surface area contributed by atoms with E-state index in [9.17, 15) is 4.79 Å². The van der Waals surface area contributed by atoms with Crippen LogP contribution in [0, 0.1) is 0 Å². The van der Waals surface area contributed by atoms with Crippen LogP contribution in [0.3, 0.4) is 0 Å². The van der Waals surface area contributed by atoms with E-state index in [1.165, 1.54) is 6.39 Å². The quantitative estimate of drug-likeness (QED) is 0.514. The SMILES string of the molecule is CC(C)c1nc2ccc(NC(=O)Nc3cccc(-c4nnco4)c3)cc2s1. The minimum Gasteiger partial charge on any atom is -0.423 e. The number of nitrogens with one attached hydrogen (secondary N) is 2. The standard InChI is InChI=1S/C19H17N5O2S/c1-11(2)18-23-15-7-6-14(9-16(15)27-18)22-19(25)21-13-5-3-4-12(8-13)17-24-20-10-26-17/h3-11H,1-2H3,(H2,21,22,25). The van der Waals surface area contributed by atoms with Crippen molar-refractivity contribution in [2.24, 2.45) is 0 Å². The number of fused-ring (bicyclic) bond motifs is 1. The zero-order valence-electron chi connectivity index (χ0n) is 14.8. The van der Waals surface area contributed by atoms with Crippen molar-refractivity contribution in [3.05, 3.63) is 53.9 Å². The first kappa shape index (κ1) is 17.2. The van der Waals surface area contributed by atoms with Crippen molar-refractivity contribution in [2.75, 3.05) is 10.6 Å². The maximum absolute atomic E-state index is 12.3. The predicted molar refractivity (Wildman–Crippen MR) is 106 cm³/mol. The molecule has 0 saturated carbocycles. The predicted octanol–water partition coefficient (Wildman–Crippen LogP) is 5.11. The molecule has 2 aromatic carbocycles. The summed E-state index contributed by atoms with van der Waals surface area (Å²) in [4.78, 5) is 16.9. The highest BCUT2D eigenvalue weighted by molar-refractivity contribution is 7.18. The number of hydrogen-bond donors (Lipinski definition) is 2. The fourth-order valence-corrected chi connectivity index (χ4v) is 3.60. The largest absolute Gasteiger partial charge is 0.423 e. The van der Waals surface area contributed by atoms with Crippen molar-refractivity contribution >= 4 is 39.0 Å². The number of nitrogens with zero attached hydrogens (tertiary/aromatic N) is 3. The highest BCUT2D eigenvalue weighted by atomic mass is 32.1. The monoisotopic (exact) mass is 379 g/mol. The fraction of sp³-hybridized carbons (Fsp3) is 0.158. The summed E-state index contributed by atoms with van der Waals surface area (Å²) in [5, 5.41) is 14.3. The maximum Gasteiger partial charge on any atom is 0.323 e. The van der Waals surface area contributed by atoms with E-state index in [0.717, 1.165) is 20.8 Å². The first-order valence-electron chi connectivity index (χ1n) is 8.43. The van der Waals surface area contributed by atoms with Crippen molar-refractivity contribution < 1.29 is 9.21 Å². The van der Waals surface area contributed by atoms with Gasteiger partial charge in [0.15, 0.2) is 0 Å². The molecule has 27 heavy (non-hydrogen) atoms. The van der Waals surface area contributed by atoms with E-state index in [2.05, 4.69) is 39.7 Å². The molecule has 0 bridgehead atoms. The van der Waals surface area contributed by atoms with Gasteiger partial charge in [-0.05, 0) is 36.4 Å². The van der Waals surface area contributed by atoms with Gasteiger partial charge < -0.3 is 15.1 Å². The summed E-state index contributed by atoms with van der Waals surface area (Å²) in [7, 11) is 0. The molecule has 0 aliphatic heterocycles. The molecule has 0 fully saturated rings. The highest BCUT2D eigenvalue weighted by Gasteiger charge is 2.10. The van der Waals surface area contributed by atoms with Gasteiger partial charge in [-0.2, -0.15) is 0 Å². The van der Waals surface area contributed by atoms with Crippen LogP contribution in [0.1, 0.15) is 24.8 Å². The number of amides is 2. The van der Waals surface area contributed by atoms with Crippen molar-refractivity contribution in [1.82, 2.24) is 15.2 Å². The molecule has 4 aromatic rings. The summed E-state index contributed by atoms with van der Waals surface area (Å²) >= 11 is 1.64. The lowest BCUT2D eigenvalue weighted by atomic mass is 10.2. The smallest absolute Gasteiger partial charge is 0.323 e. The molecule has 136 valence electrons. The van der Waals surface area contributed by atoms with Crippen molar-refractivity contribution in [3.63, 3.8) is 0 Å². The van der Waals surface area contributed by atoms with Gasteiger partial charge in [-0.25, -0.2) is 9.78 Å². The molecule has 0 aliphatic rings. The minimum atomic E-state index is -0.328. The second-order valence-electron chi connectivity index (χ2n) is 6.29. The molecule has 2 N–H and O–H groups in total. The van der Waals surface area contributed by atoms with Gasteiger partial charge in [0.2, 0.25) is 12.3 Å². The summed E-state index contributed by atoms with van der Waals surface area (Å²) in [5.74, 6) is 0.781. The molecule has 0 saturated heterocycles. The second kappa shape index (κ2) is 7.16. The normalized spacial score (nSPS) is 11.1. The third kappa shape index (κ3) is 3.80. The Morgan fingerprint density at radius 3 is 2.67 bits per heavy atom. The highest BCUT2D eigenvalue weighted by Crippen LogP contribution is 2.29. The van der Waals surface area contributed by atoms with E-state index >= 15 is 0 Å². The van der Waals surface area contributed by atoms with Crippen LogP contribution < -0.4 is 10.6 Å². The molecule has 0 unspecified atom stereocenters. The molecule has 0 spiro atoms. The Kier molecular flexibility index (Phi) is 4.55. The van der Waals surface area contributed by atoms with Gasteiger partial charge in [0.25, 0.3) is 0 Å². The Balaban J connectivity index is 1.48. The Labute approximate surface area is 159 Å². The van der Waals surface area contributed by atoms with Crippen molar-refractivity contribution in [2.45, 2.75) is 19.8 Å². The van der Waals surface area contributed by atoms with Gasteiger partial charge in [-0.1, -0.05) is 19.9 Å². The Hall–Kier alpha value is -3.26. The molecule has 2 aromatic heterocycles. The lowest BCUT2D eigenvalue weighted by Crippen LogP contribution is -2.19. The van der Waals surface area contributed by atoms with Crippen LogP contribution in [-0.4, -0.2) is 21.2 Å². The molecule has 2 heterocycles. The fourth-order valence-electron chi connectivity index (χ4n) is 2.59. The number of carbonyl (C=O) groups is 1. The first-order chi connectivity index (χ1) is 13.1. The van der Waals surface area contributed by atoms with Crippen molar-refractivity contribution in [1.29, 1.82) is 0 Å². The number of benzene rings is 2. The van der Waals surface area contributed by atoms with Gasteiger partial charge in [-0.15, -0.1) is 21.5 Å². The van der Waals surface area contributed by atoms with E-state index in [1.54, 1.807) is 23.5 Å². The molecule has 0 aliphatic carbocycles. The van der Waals surface area contributed by atoms with Crippen LogP contribution in [0.2, 0.25) is 0 Å². The van der Waals surface area contributed by atoms with Crippen LogP contribution in [-0.2, 0) is 0 Å². The molecular formula is C19H17N5O2S. The Morgan fingerprint density at radius 1 is 1.11 bits per heavy atom. The molecule has 8 heteroatoms. The molecule has 2 amide bonds. The molecule has 7 nitrogen and oxygen atoms in total. The van der Waals surface area contributed by atoms with E-state index in [1.807, 2.05) is 30.3 Å². The summed E-state index contributed by atoms with van der Waals surface area (Å²) in [6, 6.07) is 12.6. The lowest BCUT2D eigenvalue weighted by Gasteiger charge is -2.08. The van der Waals surface area contributed by atoms with E-state index in [0.29, 0.717) is 23.2 Å². The summed E-state index contributed by atoms with van der Waals surface area (Å²) in [6.45, 7) is 4.24. The summed E-state index contributed by atoms with van der Waals surface area (Å²) < 4.78 is 6.23. The summed E-state index contributed by atoms with van der Waals surface area (Å²) in [6.07, 6.45) is 1.27. The molecule has 4 rings (SSSR count). The van der Waals surface area contributed by atoms with Crippen LogP contribution in [0.5, 0.6) is 0 Å². The zero-order valence-corrected chi connectivity index (χ0v) is 15.6. The van der Waals surface area contributed by atoms with Gasteiger partial charge in [0.05, 0.1) is 15.2 Å². The number of urea groups is 1. The first-order valence-corrected chi connectivity index (χ1v) is 9.25. The maximum atomic E-state index is 12.3. The van der Waals surface area contributed by atoms with E-state index in [4.69, 9.17) is 4.42 Å². The topological polar surface area (TPSA) is 92.9 Å². The number of thiazole rings is 1. The molecule has 0 radical (unpaired) electrons. The number of hydrogen-bond acceptors (Lipinski definition) is 6. The minimum absolute atomic E-state index is 0.328. The number of rotatable bonds is 4. The third-order valence-electron chi connectivity index (χ3n) is 3.88. The van der Waals surface area contributed by atoms with Gasteiger partial charge in [0.1, 0.15) is 0 Å². The Morgan fingerprint density at radius 2 is 1.93 bits per heavy atom. The van der Waals surface area contributed by atoms with Crippen molar-refractivity contribution in [3.8, 4) is 11.5 Å². The van der Waals surface area contributed by atoms with Crippen LogP contribution in [0.15, 0.2) is 53.3 Å². The van der Waals surface area contributed by atoms with Gasteiger partial charge in [-0.3, -0.25) is 0 Å². The van der Waals surface area contributed by atoms with Gasteiger partial charge >= 0.3 is 6.03 Å². The zero-order chi connectivity index (χ0) is 18.8. The lowest BCUT2D eigenvalue weighted by molar-refractivity contribution is 0.262. The van der Waals surface area contributed by atoms with Gasteiger partial charge in [0, 0.05) is 22.9 Å². The average molecular weight is 379 g/mol. The third-order valence-corrected chi connectivity index (χ3v) is 5.20.